The fourth-order valence-corrected chi connectivity index (χ4v) is 1.38. The third-order valence-corrected chi connectivity index (χ3v) is 2.13. The second-order valence-electron chi connectivity index (χ2n) is 3.53. The molecule has 129 valence electrons. The van der Waals surface area contributed by atoms with E-state index in [0.717, 1.165) is 11.3 Å². The van der Waals surface area contributed by atoms with Crippen LogP contribution < -0.4 is 0 Å². The minimum atomic E-state index is 0.972. The molecule has 23 heavy (non-hydrogen) atoms. The number of furan rings is 1. The van der Waals surface area contributed by atoms with Crippen LogP contribution in [0, 0.1) is 13.5 Å². The van der Waals surface area contributed by atoms with Crippen LogP contribution in [0.3, 0.4) is 0 Å². The Bertz CT molecular complexity index is 470. The summed E-state index contributed by atoms with van der Waals surface area (Å²) in [5.74, 6) is 0.973. The predicted octanol–water partition coefficient (Wildman–Crippen LogP) is 5.94. The zero-order valence-electron chi connectivity index (χ0n) is 15.5. The Labute approximate surface area is 151 Å². The number of aryl methyl sites for hydroxylation is 1. The monoisotopic (exact) mass is 354 g/mol. The van der Waals surface area contributed by atoms with Crippen molar-refractivity contribution in [3.05, 3.63) is 60.9 Å². The number of fused-ring (bicyclic) bond motifs is 1. The molecule has 2 nitrogen and oxygen atoms in total. The van der Waals surface area contributed by atoms with E-state index < -0.39 is 0 Å². The Kier molecular flexibility index (Phi) is 26.5. The van der Waals surface area contributed by atoms with Gasteiger partial charge in [-0.2, -0.15) is 0 Å². The molecular weight excluding hydrogens is 323 g/mol. The second kappa shape index (κ2) is 22.9. The third-order valence-electron chi connectivity index (χ3n) is 1.86. The van der Waals surface area contributed by atoms with Gasteiger partial charge in [-0.1, -0.05) is 45.9 Å². The van der Waals surface area contributed by atoms with E-state index in [4.69, 9.17) is 11.0 Å². The molecule has 1 heterocycles. The molecule has 0 radical (unpaired) electrons. The van der Waals surface area contributed by atoms with Gasteiger partial charge >= 0.3 is 46.5 Å². The zero-order valence-corrected chi connectivity index (χ0v) is 16.9. The first kappa shape index (κ1) is 26.5. The van der Waals surface area contributed by atoms with E-state index in [1.165, 1.54) is 11.5 Å². The first-order chi connectivity index (χ1) is 11.2. The van der Waals surface area contributed by atoms with Gasteiger partial charge < -0.3 is 9.15 Å². The molecule has 0 N–H and O–H groups in total. The van der Waals surface area contributed by atoms with Gasteiger partial charge in [-0.3, -0.25) is 0 Å². The van der Waals surface area contributed by atoms with Crippen molar-refractivity contribution < 1.29 is 26.1 Å². The average Bonchev–Trinajstić information content (AvgIpc) is 2.98. The van der Waals surface area contributed by atoms with Gasteiger partial charge in [0.2, 0.25) is 0 Å². The topological polar surface area (TPSA) is 22.4 Å². The molecule has 0 atom stereocenters. The third kappa shape index (κ3) is 16.8. The number of benzene rings is 1. The van der Waals surface area contributed by atoms with Crippen LogP contribution in [0.5, 0.6) is 0 Å². The summed E-state index contributed by atoms with van der Waals surface area (Å²) in [4.78, 5) is 0. The second-order valence-corrected chi connectivity index (χ2v) is 4.00. The van der Waals surface area contributed by atoms with E-state index in [1.807, 2.05) is 75.8 Å². The number of methoxy groups -OCH3 is 1. The molecule has 0 saturated heterocycles. The van der Waals surface area contributed by atoms with Gasteiger partial charge in [-0.05, 0) is 19.1 Å². The van der Waals surface area contributed by atoms with Crippen LogP contribution in [-0.4, -0.2) is 18.9 Å². The normalized spacial score (nSPS) is 8.09. The van der Waals surface area contributed by atoms with E-state index in [9.17, 15) is 0 Å². The fraction of sp³-hybridized carbons (Fsp3) is 0.350. The molecule has 0 aliphatic heterocycles. The molecule has 0 unspecified atom stereocenters. The van der Waals surface area contributed by atoms with Gasteiger partial charge in [0.1, 0.15) is 11.3 Å². The van der Waals surface area contributed by atoms with Gasteiger partial charge in [0, 0.05) is 19.6 Å². The van der Waals surface area contributed by atoms with Gasteiger partial charge in [-0.15, -0.1) is 0 Å². The maximum atomic E-state index is 5.37. The summed E-state index contributed by atoms with van der Waals surface area (Å²) in [6, 6.07) is 10.0. The quantitative estimate of drug-likeness (QED) is 0.492. The fourth-order valence-electron chi connectivity index (χ4n) is 1.23. The molecule has 0 bridgehead atoms. The van der Waals surface area contributed by atoms with E-state index in [1.54, 1.807) is 20.3 Å². The summed E-state index contributed by atoms with van der Waals surface area (Å²) in [6.45, 7) is 14.9. The van der Waals surface area contributed by atoms with Crippen LogP contribution in [0.25, 0.3) is 11.0 Å². The van der Waals surface area contributed by atoms with E-state index in [2.05, 4.69) is 21.7 Å². The van der Waals surface area contributed by atoms with Gasteiger partial charge in [0.15, 0.2) is 0 Å². The average molecular weight is 354 g/mol. The van der Waals surface area contributed by atoms with Gasteiger partial charge in [0.05, 0.1) is 0 Å². The molecular formula is C20H31O2V-. The molecule has 1 aromatic heterocycles. The number of allylic oxidation sites excluding steroid dienone is 3. The van der Waals surface area contributed by atoms with E-state index in [-0.39, 0.29) is 0 Å². The number of hydrogen-bond acceptors (Lipinski definition) is 2. The van der Waals surface area contributed by atoms with Crippen LogP contribution >= 0.6 is 0 Å². The van der Waals surface area contributed by atoms with Gasteiger partial charge in [0.25, 0.3) is 0 Å². The van der Waals surface area contributed by atoms with Crippen LogP contribution in [0.1, 0.15) is 33.5 Å². The molecule has 3 heteroatoms. The molecule has 0 fully saturated rings. The Morgan fingerprint density at radius 2 is 1.57 bits per heavy atom. The van der Waals surface area contributed by atoms with Crippen molar-refractivity contribution in [1.82, 2.24) is 0 Å². The van der Waals surface area contributed by atoms with Crippen molar-refractivity contribution in [2.45, 2.75) is 34.6 Å². The minimum absolute atomic E-state index is 0.972. The molecule has 0 amide bonds. The maximum absolute atomic E-state index is 5.37. The molecule has 1 aromatic carbocycles. The van der Waals surface area contributed by atoms with Crippen molar-refractivity contribution in [2.75, 3.05) is 14.2 Å². The van der Waals surface area contributed by atoms with Crippen LogP contribution in [0.2, 0.25) is 0 Å². The molecule has 0 aliphatic rings. The summed E-state index contributed by atoms with van der Waals surface area (Å²) < 4.78 is 11.5. The number of hydrogen-bond donors (Lipinski definition) is 0. The summed E-state index contributed by atoms with van der Waals surface area (Å²) in [5.41, 5.74) is 0.972. The first-order valence-electron chi connectivity index (χ1n) is 7.72. The molecule has 0 saturated carbocycles. The SMILES string of the molecule is CC.CC.COC.Cc1cc2ccccc2o1.[CH-]=CC=C[CH]=[V]. The summed E-state index contributed by atoms with van der Waals surface area (Å²) in [6.07, 6.45) is 5.10. The van der Waals surface area contributed by atoms with Crippen molar-refractivity contribution in [3.63, 3.8) is 0 Å². The van der Waals surface area contributed by atoms with Crippen LogP contribution in [0.4, 0.5) is 0 Å². The molecule has 2 aromatic rings. The number of rotatable bonds is 2. The van der Waals surface area contributed by atoms with Gasteiger partial charge in [-0.25, -0.2) is 0 Å². The Hall–Kier alpha value is -1.35. The summed E-state index contributed by atoms with van der Waals surface area (Å²) >= 11 is 2.32. The van der Waals surface area contributed by atoms with Crippen LogP contribution in [0.15, 0.2) is 53.0 Å². The predicted molar refractivity (Wildman–Crippen MR) is 101 cm³/mol. The van der Waals surface area contributed by atoms with Crippen molar-refractivity contribution in [1.29, 1.82) is 0 Å². The first-order valence-corrected chi connectivity index (χ1v) is 8.53. The zero-order chi connectivity index (χ0) is 18.5. The van der Waals surface area contributed by atoms with Crippen molar-refractivity contribution in [2.24, 2.45) is 0 Å². The Morgan fingerprint density at radius 1 is 1.04 bits per heavy atom. The van der Waals surface area contributed by atoms with Crippen molar-refractivity contribution in [3.8, 4) is 0 Å². The van der Waals surface area contributed by atoms with E-state index in [0.29, 0.717) is 0 Å². The van der Waals surface area contributed by atoms with Crippen molar-refractivity contribution >= 4 is 15.7 Å². The molecule has 2 rings (SSSR count). The summed E-state index contributed by atoms with van der Waals surface area (Å²) in [5, 5.41) is 1.18. The molecule has 0 spiro atoms. The Balaban J connectivity index is -0.000000267. The number of ether oxygens (including phenoxy) is 1. The standard InChI is InChI=1S/C9H8O.C5H5.C2H6O.2C2H6.V/c1-7-6-8-4-2-3-5-9(8)10-7;1-3-5-4-2;1-3-2;2*1-2;/h2-6H,1H3;1-5H;1-2H3;2*1-2H3;/q;-1;;;;. The van der Waals surface area contributed by atoms with E-state index >= 15 is 0 Å². The van der Waals surface area contributed by atoms with Crippen LogP contribution in [-0.2, 0) is 21.7 Å². The molecule has 0 aliphatic carbocycles. The number of para-hydroxylation sites is 1. The summed E-state index contributed by atoms with van der Waals surface area (Å²) in [7, 11) is 3.25. The Morgan fingerprint density at radius 3 is 1.96 bits per heavy atom.